The number of nitrogens with zero attached hydrogens (tertiary/aromatic N) is 4. The molecule has 1 saturated carbocycles. The van der Waals surface area contributed by atoms with E-state index in [1.54, 1.807) is 12.5 Å². The van der Waals surface area contributed by atoms with Crippen molar-refractivity contribution in [2.75, 3.05) is 0 Å². The number of aromatic nitrogens is 4. The van der Waals surface area contributed by atoms with Gasteiger partial charge in [0.15, 0.2) is 0 Å². The molecule has 0 spiro atoms. The van der Waals surface area contributed by atoms with Crippen molar-refractivity contribution in [1.29, 1.82) is 0 Å². The van der Waals surface area contributed by atoms with E-state index >= 15 is 0 Å². The predicted molar refractivity (Wildman–Crippen MR) is 111 cm³/mol. The van der Waals surface area contributed by atoms with Crippen LogP contribution < -0.4 is 10.6 Å². The molecule has 0 aliphatic heterocycles. The Kier molecular flexibility index (Phi) is 5.84. The largest absolute Gasteiger partial charge is 0.335 e. The van der Waals surface area contributed by atoms with Gasteiger partial charge in [0.25, 0.3) is 0 Å². The van der Waals surface area contributed by atoms with Crippen molar-refractivity contribution in [2.24, 2.45) is 0 Å². The molecule has 2 N–H and O–H groups in total. The lowest BCUT2D eigenvalue weighted by Gasteiger charge is -2.29. The summed E-state index contributed by atoms with van der Waals surface area (Å²) in [7, 11) is 0. The first-order valence-corrected chi connectivity index (χ1v) is 10.1. The Bertz CT molecular complexity index is 919. The number of nitrogens with one attached hydrogen (secondary N) is 2. The summed E-state index contributed by atoms with van der Waals surface area (Å²) in [6, 6.07) is 12.3. The van der Waals surface area contributed by atoms with Gasteiger partial charge in [0.2, 0.25) is 0 Å². The molecule has 7 nitrogen and oxygen atoms in total. The predicted octanol–water partition coefficient (Wildman–Crippen LogP) is 3.88. The highest BCUT2D eigenvalue weighted by atomic mass is 16.2. The summed E-state index contributed by atoms with van der Waals surface area (Å²) < 4.78 is 2.03. The van der Waals surface area contributed by atoms with E-state index in [1.165, 1.54) is 0 Å². The SMILES string of the molecule is C[C@@H](NC(=O)NC1CCC(n2cc(-c3ccncn3)cn2)CC1)c1ccccc1. The second-order valence-electron chi connectivity index (χ2n) is 7.56. The van der Waals surface area contributed by atoms with Gasteiger partial charge in [-0.15, -0.1) is 0 Å². The van der Waals surface area contributed by atoms with Crippen molar-refractivity contribution in [3.63, 3.8) is 0 Å². The summed E-state index contributed by atoms with van der Waals surface area (Å²) >= 11 is 0. The second kappa shape index (κ2) is 8.86. The average Bonchev–Trinajstić information content (AvgIpc) is 3.26. The van der Waals surface area contributed by atoms with Crippen LogP contribution in [0.3, 0.4) is 0 Å². The van der Waals surface area contributed by atoms with Crippen LogP contribution in [0, 0.1) is 0 Å². The summed E-state index contributed by atoms with van der Waals surface area (Å²) in [5.41, 5.74) is 2.98. The maximum atomic E-state index is 12.4. The molecule has 2 heterocycles. The van der Waals surface area contributed by atoms with E-state index in [9.17, 15) is 4.79 Å². The number of hydrogen-bond donors (Lipinski definition) is 2. The maximum absolute atomic E-state index is 12.4. The van der Waals surface area contributed by atoms with E-state index in [2.05, 4.69) is 31.9 Å². The Hall–Kier alpha value is -3.22. The smallest absolute Gasteiger partial charge is 0.315 e. The van der Waals surface area contributed by atoms with Crippen LogP contribution in [-0.2, 0) is 0 Å². The van der Waals surface area contributed by atoms with Gasteiger partial charge < -0.3 is 10.6 Å². The van der Waals surface area contributed by atoms with E-state index in [-0.39, 0.29) is 18.1 Å². The first-order chi connectivity index (χ1) is 14.2. The summed E-state index contributed by atoms with van der Waals surface area (Å²) in [6.45, 7) is 2.00. The summed E-state index contributed by atoms with van der Waals surface area (Å²) in [4.78, 5) is 20.6. The third kappa shape index (κ3) is 4.80. The van der Waals surface area contributed by atoms with Crippen molar-refractivity contribution < 1.29 is 4.79 Å². The lowest BCUT2D eigenvalue weighted by Crippen LogP contribution is -2.44. The maximum Gasteiger partial charge on any atom is 0.315 e. The number of amides is 2. The van der Waals surface area contributed by atoms with Crippen molar-refractivity contribution in [1.82, 2.24) is 30.4 Å². The Morgan fingerprint density at radius 3 is 2.66 bits per heavy atom. The normalized spacial score (nSPS) is 20.0. The van der Waals surface area contributed by atoms with E-state index in [1.807, 2.05) is 54.2 Å². The molecule has 0 unspecified atom stereocenters. The zero-order valence-electron chi connectivity index (χ0n) is 16.5. The van der Waals surface area contributed by atoms with Crippen molar-refractivity contribution >= 4 is 6.03 Å². The fraction of sp³-hybridized carbons (Fsp3) is 0.364. The molecule has 1 aliphatic rings. The molecule has 0 saturated heterocycles. The van der Waals surface area contributed by atoms with Crippen LogP contribution in [0.25, 0.3) is 11.3 Å². The molecule has 150 valence electrons. The molecule has 3 aromatic rings. The lowest BCUT2D eigenvalue weighted by molar-refractivity contribution is 0.222. The number of hydrogen-bond acceptors (Lipinski definition) is 4. The van der Waals surface area contributed by atoms with Crippen molar-refractivity contribution in [3.05, 3.63) is 66.9 Å². The number of benzene rings is 1. The summed E-state index contributed by atoms with van der Waals surface area (Å²) in [6.07, 6.45) is 11.1. The Labute approximate surface area is 170 Å². The number of rotatable bonds is 5. The second-order valence-corrected chi connectivity index (χ2v) is 7.56. The third-order valence-electron chi connectivity index (χ3n) is 5.53. The van der Waals surface area contributed by atoms with Gasteiger partial charge in [0, 0.05) is 24.0 Å². The summed E-state index contributed by atoms with van der Waals surface area (Å²) in [5, 5.41) is 10.7. The van der Waals surface area contributed by atoms with Gasteiger partial charge in [-0.2, -0.15) is 5.10 Å². The van der Waals surface area contributed by atoms with Gasteiger partial charge in [0.05, 0.1) is 24.0 Å². The fourth-order valence-electron chi connectivity index (χ4n) is 3.86. The molecule has 2 amide bonds. The van der Waals surface area contributed by atoms with Crippen LogP contribution in [-0.4, -0.2) is 31.8 Å². The lowest BCUT2D eigenvalue weighted by atomic mass is 9.91. The van der Waals surface area contributed by atoms with Crippen LogP contribution in [0.15, 0.2) is 61.3 Å². The number of carbonyl (C=O) groups excluding carboxylic acids is 1. The molecular formula is C22H26N6O. The number of urea groups is 1. The molecule has 1 aromatic carbocycles. The van der Waals surface area contributed by atoms with E-state index < -0.39 is 0 Å². The minimum absolute atomic E-state index is 0.0168. The van der Waals surface area contributed by atoms with Gasteiger partial charge in [-0.3, -0.25) is 4.68 Å². The molecule has 1 atom stereocenters. The molecule has 1 aliphatic carbocycles. The highest BCUT2D eigenvalue weighted by Crippen LogP contribution is 2.29. The van der Waals surface area contributed by atoms with Crippen LogP contribution in [0.4, 0.5) is 4.79 Å². The zero-order valence-corrected chi connectivity index (χ0v) is 16.5. The Balaban J connectivity index is 1.26. The van der Waals surface area contributed by atoms with E-state index in [4.69, 9.17) is 0 Å². The van der Waals surface area contributed by atoms with Crippen LogP contribution in [0.5, 0.6) is 0 Å². The first kappa shape index (κ1) is 19.1. The molecule has 29 heavy (non-hydrogen) atoms. The minimum Gasteiger partial charge on any atom is -0.335 e. The Morgan fingerprint density at radius 1 is 1.14 bits per heavy atom. The van der Waals surface area contributed by atoms with Gasteiger partial charge >= 0.3 is 6.03 Å². The van der Waals surface area contributed by atoms with Crippen LogP contribution in [0.1, 0.15) is 50.3 Å². The highest BCUT2D eigenvalue weighted by Gasteiger charge is 2.24. The van der Waals surface area contributed by atoms with Gasteiger partial charge in [-0.1, -0.05) is 30.3 Å². The molecule has 0 bridgehead atoms. The topological polar surface area (TPSA) is 84.7 Å². The van der Waals surface area contributed by atoms with Gasteiger partial charge in [-0.05, 0) is 44.2 Å². The van der Waals surface area contributed by atoms with Crippen molar-refractivity contribution in [3.8, 4) is 11.3 Å². The summed E-state index contributed by atoms with van der Waals surface area (Å²) in [5.74, 6) is 0. The van der Waals surface area contributed by atoms with E-state index in [0.29, 0.717) is 6.04 Å². The molecular weight excluding hydrogens is 364 g/mol. The molecule has 2 aromatic heterocycles. The first-order valence-electron chi connectivity index (χ1n) is 10.1. The molecule has 0 radical (unpaired) electrons. The fourth-order valence-corrected chi connectivity index (χ4v) is 3.86. The monoisotopic (exact) mass is 390 g/mol. The minimum atomic E-state index is -0.102. The molecule has 7 heteroatoms. The highest BCUT2D eigenvalue weighted by molar-refractivity contribution is 5.74. The van der Waals surface area contributed by atoms with Crippen LogP contribution in [0.2, 0.25) is 0 Å². The molecule has 1 fully saturated rings. The quantitative estimate of drug-likeness (QED) is 0.692. The Morgan fingerprint density at radius 2 is 1.93 bits per heavy atom. The van der Waals surface area contributed by atoms with E-state index in [0.717, 1.165) is 42.5 Å². The third-order valence-corrected chi connectivity index (χ3v) is 5.53. The zero-order chi connectivity index (χ0) is 20.1. The van der Waals surface area contributed by atoms with Gasteiger partial charge in [0.1, 0.15) is 6.33 Å². The number of carbonyl (C=O) groups is 1. The standard InChI is InChI=1S/C22H26N6O/c1-16(17-5-3-2-4-6-17)26-22(29)27-19-7-9-20(10-8-19)28-14-18(13-25-28)21-11-12-23-15-24-21/h2-6,11-16,19-20H,7-10H2,1H3,(H2,26,27,29)/t16-,19?,20?/m1/s1. The molecule has 4 rings (SSSR count). The average molecular weight is 390 g/mol. The van der Waals surface area contributed by atoms with Crippen molar-refractivity contribution in [2.45, 2.75) is 50.7 Å². The van der Waals surface area contributed by atoms with Gasteiger partial charge in [-0.25, -0.2) is 14.8 Å². The van der Waals surface area contributed by atoms with Crippen LogP contribution >= 0.6 is 0 Å².